The van der Waals surface area contributed by atoms with E-state index in [0.29, 0.717) is 19.1 Å². The Morgan fingerprint density at radius 2 is 1.82 bits per heavy atom. The topological polar surface area (TPSA) is 68.2 Å². The van der Waals surface area contributed by atoms with E-state index < -0.39 is 0 Å². The van der Waals surface area contributed by atoms with E-state index in [9.17, 15) is 4.79 Å². The van der Waals surface area contributed by atoms with Crippen LogP contribution in [0.3, 0.4) is 0 Å². The Kier molecular flexibility index (Phi) is 8.11. The molecule has 1 aliphatic heterocycles. The van der Waals surface area contributed by atoms with Crippen LogP contribution in [0.1, 0.15) is 5.82 Å². The number of imidazole rings is 1. The van der Waals surface area contributed by atoms with E-state index in [1.54, 1.807) is 0 Å². The standard InChI is InChI=1S/C20H22N4O2.2ClH/c25-20(22-12-15-10-21-11-15)13-24-18-9-5-4-8-17(18)23-19(24)14-26-16-6-2-1-3-7-16;;/h1-9,15,21H,10-14H2,(H,22,25);2*1H. The molecule has 1 aromatic heterocycles. The first-order valence-corrected chi connectivity index (χ1v) is 8.89. The van der Waals surface area contributed by atoms with Gasteiger partial charge >= 0.3 is 0 Å². The van der Waals surface area contributed by atoms with Gasteiger partial charge in [-0.3, -0.25) is 4.79 Å². The van der Waals surface area contributed by atoms with Crippen LogP contribution >= 0.6 is 24.8 Å². The van der Waals surface area contributed by atoms with E-state index in [-0.39, 0.29) is 37.3 Å². The lowest BCUT2D eigenvalue weighted by Gasteiger charge is -2.27. The second-order valence-corrected chi connectivity index (χ2v) is 6.53. The van der Waals surface area contributed by atoms with E-state index in [1.807, 2.05) is 59.2 Å². The Balaban J connectivity index is 0.00000140. The Bertz CT molecular complexity index is 898. The first-order chi connectivity index (χ1) is 12.8. The predicted molar refractivity (Wildman–Crippen MR) is 114 cm³/mol. The summed E-state index contributed by atoms with van der Waals surface area (Å²) in [5.41, 5.74) is 1.81. The van der Waals surface area contributed by atoms with E-state index in [4.69, 9.17) is 4.74 Å². The normalized spacial score (nSPS) is 13.1. The fourth-order valence-corrected chi connectivity index (χ4v) is 3.03. The summed E-state index contributed by atoms with van der Waals surface area (Å²) in [7, 11) is 0. The first kappa shape index (κ1) is 22.0. The maximum atomic E-state index is 12.4. The highest BCUT2D eigenvalue weighted by molar-refractivity contribution is 5.85. The molecular weight excluding hydrogens is 399 g/mol. The molecule has 28 heavy (non-hydrogen) atoms. The SMILES string of the molecule is Cl.Cl.O=C(Cn1c(COc2ccccc2)nc2ccccc21)NCC1CNC1. The zero-order valence-corrected chi connectivity index (χ0v) is 17.0. The fourth-order valence-electron chi connectivity index (χ4n) is 3.03. The van der Waals surface area contributed by atoms with Gasteiger partial charge in [-0.05, 0) is 24.3 Å². The van der Waals surface area contributed by atoms with Crippen molar-refractivity contribution in [3.05, 3.63) is 60.4 Å². The molecule has 150 valence electrons. The number of carbonyl (C=O) groups excluding carboxylic acids is 1. The van der Waals surface area contributed by atoms with Gasteiger partial charge in [0.05, 0.1) is 11.0 Å². The molecule has 0 bridgehead atoms. The van der Waals surface area contributed by atoms with Gasteiger partial charge < -0.3 is 19.9 Å². The van der Waals surface area contributed by atoms with Crippen LogP contribution in [0.15, 0.2) is 54.6 Å². The number of carbonyl (C=O) groups is 1. The van der Waals surface area contributed by atoms with Gasteiger partial charge in [0.25, 0.3) is 0 Å². The van der Waals surface area contributed by atoms with Crippen LogP contribution in [0.4, 0.5) is 0 Å². The number of para-hydroxylation sites is 3. The highest BCUT2D eigenvalue weighted by Crippen LogP contribution is 2.18. The lowest BCUT2D eigenvalue weighted by atomic mass is 10.0. The molecule has 0 aliphatic carbocycles. The molecule has 0 unspecified atom stereocenters. The minimum atomic E-state index is 0. The Morgan fingerprint density at radius 3 is 2.54 bits per heavy atom. The highest BCUT2D eigenvalue weighted by atomic mass is 35.5. The third-order valence-electron chi connectivity index (χ3n) is 4.60. The summed E-state index contributed by atoms with van der Waals surface area (Å²) >= 11 is 0. The number of fused-ring (bicyclic) bond motifs is 1. The average Bonchev–Trinajstić information content (AvgIpc) is 2.97. The summed E-state index contributed by atoms with van der Waals surface area (Å²) in [5, 5.41) is 6.23. The zero-order chi connectivity index (χ0) is 17.8. The lowest BCUT2D eigenvalue weighted by Crippen LogP contribution is -2.48. The average molecular weight is 423 g/mol. The van der Waals surface area contributed by atoms with Gasteiger partial charge in [0, 0.05) is 25.6 Å². The number of aromatic nitrogens is 2. The highest BCUT2D eigenvalue weighted by Gasteiger charge is 2.18. The van der Waals surface area contributed by atoms with Gasteiger partial charge in [-0.15, -0.1) is 24.8 Å². The molecule has 1 fully saturated rings. The molecule has 3 aromatic rings. The predicted octanol–water partition coefficient (Wildman–Crippen LogP) is 2.79. The van der Waals surface area contributed by atoms with Crippen LogP contribution < -0.4 is 15.4 Å². The minimum absolute atomic E-state index is 0. The number of halogens is 2. The fraction of sp³-hybridized carbons (Fsp3) is 0.300. The molecule has 2 heterocycles. The van der Waals surface area contributed by atoms with Crippen LogP contribution in [0.25, 0.3) is 11.0 Å². The lowest BCUT2D eigenvalue weighted by molar-refractivity contribution is -0.121. The third-order valence-corrected chi connectivity index (χ3v) is 4.60. The molecule has 1 saturated heterocycles. The van der Waals surface area contributed by atoms with Gasteiger partial charge in [-0.2, -0.15) is 0 Å². The van der Waals surface area contributed by atoms with Gasteiger partial charge in [0.1, 0.15) is 24.7 Å². The summed E-state index contributed by atoms with van der Waals surface area (Å²) in [5.74, 6) is 2.07. The summed E-state index contributed by atoms with van der Waals surface area (Å²) < 4.78 is 7.78. The molecule has 2 aromatic carbocycles. The van der Waals surface area contributed by atoms with E-state index in [1.165, 1.54) is 0 Å². The monoisotopic (exact) mass is 422 g/mol. The number of nitrogens with one attached hydrogen (secondary N) is 2. The largest absolute Gasteiger partial charge is 0.486 e. The van der Waals surface area contributed by atoms with Crippen molar-refractivity contribution in [2.45, 2.75) is 13.2 Å². The number of hydrogen-bond acceptors (Lipinski definition) is 4. The maximum absolute atomic E-state index is 12.4. The maximum Gasteiger partial charge on any atom is 0.240 e. The van der Waals surface area contributed by atoms with E-state index in [2.05, 4.69) is 15.6 Å². The van der Waals surface area contributed by atoms with Gasteiger partial charge in [0.2, 0.25) is 5.91 Å². The van der Waals surface area contributed by atoms with Crippen molar-refractivity contribution in [2.75, 3.05) is 19.6 Å². The number of hydrogen-bond donors (Lipinski definition) is 2. The molecule has 0 saturated carbocycles. The molecule has 1 aliphatic rings. The van der Waals surface area contributed by atoms with Crippen molar-refractivity contribution in [3.8, 4) is 5.75 Å². The zero-order valence-electron chi connectivity index (χ0n) is 15.3. The second kappa shape index (κ2) is 10.3. The third kappa shape index (κ3) is 5.16. The number of ether oxygens (including phenoxy) is 1. The van der Waals surface area contributed by atoms with Crippen molar-refractivity contribution in [2.24, 2.45) is 5.92 Å². The summed E-state index contributed by atoms with van der Waals surface area (Å²) in [6.07, 6.45) is 0. The number of nitrogens with zero attached hydrogens (tertiary/aromatic N) is 2. The summed E-state index contributed by atoms with van der Waals surface area (Å²) in [6.45, 7) is 3.23. The quantitative estimate of drug-likeness (QED) is 0.614. The van der Waals surface area contributed by atoms with Crippen LogP contribution in [0.5, 0.6) is 5.75 Å². The van der Waals surface area contributed by atoms with Crippen LogP contribution in [0.2, 0.25) is 0 Å². The smallest absolute Gasteiger partial charge is 0.240 e. The van der Waals surface area contributed by atoms with Crippen LogP contribution in [-0.2, 0) is 17.9 Å². The van der Waals surface area contributed by atoms with E-state index >= 15 is 0 Å². The minimum Gasteiger partial charge on any atom is -0.486 e. The molecule has 0 atom stereocenters. The molecule has 2 N–H and O–H groups in total. The Morgan fingerprint density at radius 1 is 1.11 bits per heavy atom. The molecule has 8 heteroatoms. The summed E-state index contributed by atoms with van der Waals surface area (Å²) in [4.78, 5) is 17.1. The molecule has 1 amide bonds. The van der Waals surface area contributed by atoms with Crippen molar-refractivity contribution in [3.63, 3.8) is 0 Å². The molecular formula is C20H24Cl2N4O2. The van der Waals surface area contributed by atoms with Crippen molar-refractivity contribution in [1.29, 1.82) is 0 Å². The number of benzene rings is 2. The van der Waals surface area contributed by atoms with Crippen molar-refractivity contribution in [1.82, 2.24) is 20.2 Å². The van der Waals surface area contributed by atoms with Crippen molar-refractivity contribution >= 4 is 41.8 Å². The Labute approximate surface area is 176 Å². The summed E-state index contributed by atoms with van der Waals surface area (Å²) in [6, 6.07) is 17.5. The van der Waals surface area contributed by atoms with Gasteiger partial charge in [-0.1, -0.05) is 30.3 Å². The van der Waals surface area contributed by atoms with Crippen LogP contribution in [-0.4, -0.2) is 35.1 Å². The first-order valence-electron chi connectivity index (χ1n) is 8.89. The van der Waals surface area contributed by atoms with Crippen LogP contribution in [0, 0.1) is 5.92 Å². The van der Waals surface area contributed by atoms with Gasteiger partial charge in [-0.25, -0.2) is 4.98 Å². The number of amides is 1. The van der Waals surface area contributed by atoms with E-state index in [0.717, 1.165) is 35.7 Å². The molecule has 4 rings (SSSR count). The Hall–Kier alpha value is -2.28. The van der Waals surface area contributed by atoms with Crippen molar-refractivity contribution < 1.29 is 9.53 Å². The molecule has 0 spiro atoms. The second-order valence-electron chi connectivity index (χ2n) is 6.53. The number of rotatable bonds is 7. The van der Waals surface area contributed by atoms with Gasteiger partial charge in [0.15, 0.2) is 0 Å². The molecule has 6 nitrogen and oxygen atoms in total. The molecule has 0 radical (unpaired) electrons.